The highest BCUT2D eigenvalue weighted by atomic mass is 35.5. The van der Waals surface area contributed by atoms with E-state index in [2.05, 4.69) is 4.98 Å². The van der Waals surface area contributed by atoms with Crippen molar-refractivity contribution >= 4 is 17.6 Å². The van der Waals surface area contributed by atoms with Crippen LogP contribution in [0, 0.1) is 10.1 Å². The monoisotopic (exact) mass is 467 g/mol. The number of carbonyl (C=O) groups is 1. The zero-order valence-electron chi connectivity index (χ0n) is 18.7. The standard InChI is InChI=1S/C21H30ClN5O5/c1-4-25(11-16-7-8-19(22)23-10-16)20-18(27(29)30)12-26(14-24(20)3)15(2)21(28)32-13-17-6-5-9-31-17/h7-8,10,15,17H,4-6,9,11-14H2,1-3H3. The van der Waals surface area contributed by atoms with Gasteiger partial charge in [0.15, 0.2) is 5.82 Å². The van der Waals surface area contributed by atoms with Crippen LogP contribution in [0.15, 0.2) is 29.8 Å². The molecule has 0 N–H and O–H groups in total. The number of hydrogen-bond acceptors (Lipinski definition) is 9. The van der Waals surface area contributed by atoms with Gasteiger partial charge in [-0.3, -0.25) is 19.8 Å². The van der Waals surface area contributed by atoms with E-state index in [0.717, 1.165) is 18.4 Å². The lowest BCUT2D eigenvalue weighted by molar-refractivity contribution is -0.434. The molecule has 0 aromatic carbocycles. The molecule has 0 bridgehead atoms. The van der Waals surface area contributed by atoms with E-state index < -0.39 is 12.0 Å². The molecule has 0 spiro atoms. The zero-order chi connectivity index (χ0) is 23.3. The minimum absolute atomic E-state index is 0.0399. The molecule has 2 atom stereocenters. The maximum atomic E-state index is 12.6. The van der Waals surface area contributed by atoms with E-state index in [-0.39, 0.29) is 29.9 Å². The number of ether oxygens (including phenoxy) is 2. The van der Waals surface area contributed by atoms with Crippen molar-refractivity contribution in [2.75, 3.05) is 40.0 Å². The maximum Gasteiger partial charge on any atom is 0.323 e. The number of esters is 1. The van der Waals surface area contributed by atoms with Gasteiger partial charge in [-0.05, 0) is 38.3 Å². The molecule has 2 unspecified atom stereocenters. The van der Waals surface area contributed by atoms with Crippen molar-refractivity contribution in [3.8, 4) is 0 Å². The lowest BCUT2D eigenvalue weighted by Gasteiger charge is -2.40. The second kappa shape index (κ2) is 10.9. The molecular weight excluding hydrogens is 438 g/mol. The number of hydrogen-bond donors (Lipinski definition) is 0. The Labute approximate surface area is 192 Å². The summed E-state index contributed by atoms with van der Waals surface area (Å²) in [7, 11) is 1.79. The first kappa shape index (κ1) is 24.2. The Bertz CT molecular complexity index is 843. The van der Waals surface area contributed by atoms with E-state index in [9.17, 15) is 14.9 Å². The van der Waals surface area contributed by atoms with Crippen molar-refractivity contribution in [1.82, 2.24) is 19.7 Å². The molecule has 0 saturated carbocycles. The zero-order valence-corrected chi connectivity index (χ0v) is 19.5. The molecule has 2 aliphatic rings. The first-order chi connectivity index (χ1) is 15.3. The molecule has 1 aromatic rings. The molecule has 11 heteroatoms. The van der Waals surface area contributed by atoms with Gasteiger partial charge in [-0.15, -0.1) is 0 Å². The van der Waals surface area contributed by atoms with E-state index in [1.807, 2.05) is 17.9 Å². The molecule has 176 valence electrons. The first-order valence-corrected chi connectivity index (χ1v) is 11.1. The van der Waals surface area contributed by atoms with E-state index in [0.29, 0.717) is 37.3 Å². The third-order valence-corrected chi connectivity index (χ3v) is 5.98. The van der Waals surface area contributed by atoms with Gasteiger partial charge in [0.1, 0.15) is 17.8 Å². The second-order valence-electron chi connectivity index (χ2n) is 8.06. The third kappa shape index (κ3) is 5.87. The Morgan fingerprint density at radius 2 is 2.28 bits per heavy atom. The number of carbonyl (C=O) groups excluding carboxylic acids is 1. The van der Waals surface area contributed by atoms with Crippen molar-refractivity contribution in [2.24, 2.45) is 0 Å². The maximum absolute atomic E-state index is 12.6. The van der Waals surface area contributed by atoms with Gasteiger partial charge in [0, 0.05) is 32.9 Å². The average molecular weight is 468 g/mol. The van der Waals surface area contributed by atoms with Gasteiger partial charge in [0.05, 0.1) is 24.2 Å². The Morgan fingerprint density at radius 3 is 2.88 bits per heavy atom. The van der Waals surface area contributed by atoms with Crippen LogP contribution >= 0.6 is 11.6 Å². The number of nitrogens with zero attached hydrogens (tertiary/aromatic N) is 5. The predicted octanol–water partition coefficient (Wildman–Crippen LogP) is 2.32. The normalized spacial score (nSPS) is 20.4. The molecule has 1 fully saturated rings. The van der Waals surface area contributed by atoms with Gasteiger partial charge in [-0.2, -0.15) is 0 Å². The molecule has 0 radical (unpaired) electrons. The van der Waals surface area contributed by atoms with Gasteiger partial charge in [-0.25, -0.2) is 4.98 Å². The fraction of sp³-hybridized carbons (Fsp3) is 0.619. The average Bonchev–Trinajstić information content (AvgIpc) is 3.30. The summed E-state index contributed by atoms with van der Waals surface area (Å²) in [4.78, 5) is 33.7. The van der Waals surface area contributed by atoms with Gasteiger partial charge in [0.25, 0.3) is 5.70 Å². The molecule has 32 heavy (non-hydrogen) atoms. The molecule has 1 aromatic heterocycles. The van der Waals surface area contributed by atoms with Crippen LogP contribution in [0.3, 0.4) is 0 Å². The topological polar surface area (TPSA) is 101 Å². The van der Waals surface area contributed by atoms with Gasteiger partial charge in [-0.1, -0.05) is 17.7 Å². The summed E-state index contributed by atoms with van der Waals surface area (Å²) in [5, 5.41) is 12.4. The fourth-order valence-electron chi connectivity index (χ4n) is 3.97. The minimum Gasteiger partial charge on any atom is -0.462 e. The van der Waals surface area contributed by atoms with Gasteiger partial charge in [0.2, 0.25) is 0 Å². The van der Waals surface area contributed by atoms with Crippen molar-refractivity contribution < 1.29 is 19.2 Å². The summed E-state index contributed by atoms with van der Waals surface area (Å²) in [6, 6.07) is 2.93. The van der Waals surface area contributed by atoms with Crippen LogP contribution in [0.4, 0.5) is 0 Å². The number of aromatic nitrogens is 1. The third-order valence-electron chi connectivity index (χ3n) is 5.75. The van der Waals surface area contributed by atoms with Gasteiger partial charge >= 0.3 is 5.97 Å². The van der Waals surface area contributed by atoms with Crippen LogP contribution in [0.2, 0.25) is 5.15 Å². The van der Waals surface area contributed by atoms with Crippen LogP contribution < -0.4 is 0 Å². The van der Waals surface area contributed by atoms with Crippen LogP contribution in [0.25, 0.3) is 0 Å². The van der Waals surface area contributed by atoms with Crippen molar-refractivity contribution in [1.29, 1.82) is 0 Å². The molecule has 0 amide bonds. The molecule has 2 aliphatic heterocycles. The summed E-state index contributed by atoms with van der Waals surface area (Å²) in [6.45, 7) is 5.99. The summed E-state index contributed by atoms with van der Waals surface area (Å²) < 4.78 is 10.9. The minimum atomic E-state index is -0.620. The van der Waals surface area contributed by atoms with E-state index >= 15 is 0 Å². The lowest BCUT2D eigenvalue weighted by Crippen LogP contribution is -2.53. The molecule has 3 rings (SSSR count). The number of rotatable bonds is 9. The highest BCUT2D eigenvalue weighted by molar-refractivity contribution is 6.29. The summed E-state index contributed by atoms with van der Waals surface area (Å²) >= 11 is 5.87. The summed E-state index contributed by atoms with van der Waals surface area (Å²) in [6.07, 6.45) is 3.45. The SMILES string of the molecule is CCN(Cc1ccc(Cl)nc1)C1=C([N+](=O)[O-])CN(C(C)C(=O)OCC2CCCO2)CN1C. The quantitative estimate of drug-likeness (QED) is 0.234. The van der Waals surface area contributed by atoms with E-state index in [1.54, 1.807) is 36.0 Å². The van der Waals surface area contributed by atoms with Crippen LogP contribution in [0.5, 0.6) is 0 Å². The highest BCUT2D eigenvalue weighted by Gasteiger charge is 2.37. The van der Waals surface area contributed by atoms with Crippen molar-refractivity contribution in [2.45, 2.75) is 45.4 Å². The summed E-state index contributed by atoms with van der Waals surface area (Å²) in [5.41, 5.74) is 0.939. The van der Waals surface area contributed by atoms with Crippen LogP contribution in [0.1, 0.15) is 32.3 Å². The molecule has 3 heterocycles. The Kier molecular flexibility index (Phi) is 8.27. The van der Waals surface area contributed by atoms with Crippen molar-refractivity contribution in [3.63, 3.8) is 0 Å². The smallest absolute Gasteiger partial charge is 0.323 e. The number of halogens is 1. The van der Waals surface area contributed by atoms with Crippen molar-refractivity contribution in [3.05, 3.63) is 50.7 Å². The first-order valence-electron chi connectivity index (χ1n) is 10.8. The van der Waals surface area contributed by atoms with E-state index in [4.69, 9.17) is 21.1 Å². The largest absolute Gasteiger partial charge is 0.462 e. The molecular formula is C21H30ClN5O5. The molecule has 10 nitrogen and oxygen atoms in total. The molecule has 1 saturated heterocycles. The Morgan fingerprint density at radius 1 is 1.50 bits per heavy atom. The van der Waals surface area contributed by atoms with Gasteiger partial charge < -0.3 is 19.3 Å². The number of nitro groups is 1. The second-order valence-corrected chi connectivity index (χ2v) is 8.45. The van der Waals surface area contributed by atoms with E-state index in [1.165, 1.54) is 0 Å². The molecule has 0 aliphatic carbocycles. The summed E-state index contributed by atoms with van der Waals surface area (Å²) in [5.74, 6) is 0.128. The highest BCUT2D eigenvalue weighted by Crippen LogP contribution is 2.25. The number of pyridine rings is 1. The Balaban J connectivity index is 1.73. The lowest BCUT2D eigenvalue weighted by atomic mass is 10.2. The Hall–Kier alpha value is -2.43. The van der Waals surface area contributed by atoms with Crippen LogP contribution in [-0.4, -0.2) is 82.7 Å². The predicted molar refractivity (Wildman–Crippen MR) is 118 cm³/mol. The van der Waals surface area contributed by atoms with Crippen LogP contribution in [-0.2, 0) is 20.8 Å². The fourth-order valence-corrected chi connectivity index (χ4v) is 4.08.